The summed E-state index contributed by atoms with van der Waals surface area (Å²) in [7, 11) is 0. The van der Waals surface area contributed by atoms with Gasteiger partial charge in [-0.05, 0) is 12.0 Å². The molecule has 1 aliphatic heterocycles. The molecule has 0 spiro atoms. The first kappa shape index (κ1) is 10.3. The summed E-state index contributed by atoms with van der Waals surface area (Å²) in [4.78, 5) is 32.2. The van der Waals surface area contributed by atoms with Gasteiger partial charge in [0.05, 0.1) is 18.3 Å². The highest BCUT2D eigenvalue weighted by molar-refractivity contribution is 7.18. The molecule has 0 atom stereocenters. The number of carboxylic acid groups (broad SMARTS) is 1. The molecule has 0 aromatic carbocycles. The smallest absolute Gasteiger partial charge is 0.407 e. The molecule has 2 aromatic rings. The van der Waals surface area contributed by atoms with Crippen LogP contribution in [-0.4, -0.2) is 32.6 Å². The topological polar surface area (TPSA) is 86.3 Å². The van der Waals surface area contributed by atoms with Crippen LogP contribution < -0.4 is 5.56 Å². The molecule has 0 saturated heterocycles. The summed E-state index contributed by atoms with van der Waals surface area (Å²) in [5, 5.41) is 9.56. The number of rotatable bonds is 0. The van der Waals surface area contributed by atoms with E-state index in [-0.39, 0.29) is 5.56 Å². The van der Waals surface area contributed by atoms with E-state index in [1.807, 2.05) is 0 Å². The maximum Gasteiger partial charge on any atom is 0.407 e. The number of amides is 1. The lowest BCUT2D eigenvalue weighted by molar-refractivity contribution is 0.140. The first-order valence-electron chi connectivity index (χ1n) is 5.12. The Balaban J connectivity index is 2.17. The van der Waals surface area contributed by atoms with Crippen molar-refractivity contribution in [2.75, 3.05) is 6.54 Å². The molecule has 3 rings (SSSR count). The summed E-state index contributed by atoms with van der Waals surface area (Å²) in [6.45, 7) is 0.785. The minimum Gasteiger partial charge on any atom is -0.465 e. The normalized spacial score (nSPS) is 14.9. The van der Waals surface area contributed by atoms with Gasteiger partial charge in [0.15, 0.2) is 0 Å². The van der Waals surface area contributed by atoms with Crippen LogP contribution in [0.2, 0.25) is 0 Å². The second-order valence-electron chi connectivity index (χ2n) is 3.87. The van der Waals surface area contributed by atoms with Crippen LogP contribution in [0, 0.1) is 0 Å². The van der Waals surface area contributed by atoms with Crippen LogP contribution in [-0.2, 0) is 13.0 Å². The lowest BCUT2D eigenvalue weighted by atomic mass is 10.1. The minimum atomic E-state index is -0.921. The van der Waals surface area contributed by atoms with Crippen molar-refractivity contribution in [1.29, 1.82) is 0 Å². The SMILES string of the molecule is O=C(O)N1CCc2c(sc3nc[nH]c(=O)c23)C1. The summed E-state index contributed by atoms with van der Waals surface area (Å²) >= 11 is 1.40. The third-order valence-corrected chi connectivity index (χ3v) is 4.04. The van der Waals surface area contributed by atoms with E-state index >= 15 is 0 Å². The number of hydrogen-bond donors (Lipinski definition) is 2. The fourth-order valence-electron chi connectivity index (χ4n) is 2.10. The molecule has 0 fully saturated rings. The predicted octanol–water partition coefficient (Wildman–Crippen LogP) is 1.02. The molecule has 17 heavy (non-hydrogen) atoms. The molecule has 88 valence electrons. The fraction of sp³-hybridized carbons (Fsp3) is 0.300. The van der Waals surface area contributed by atoms with Gasteiger partial charge in [-0.15, -0.1) is 11.3 Å². The zero-order valence-electron chi connectivity index (χ0n) is 8.77. The molecule has 0 bridgehead atoms. The Kier molecular flexibility index (Phi) is 2.15. The largest absolute Gasteiger partial charge is 0.465 e. The van der Waals surface area contributed by atoms with Crippen LogP contribution in [0.3, 0.4) is 0 Å². The average molecular weight is 251 g/mol. The predicted molar refractivity (Wildman–Crippen MR) is 62.4 cm³/mol. The number of nitrogens with zero attached hydrogens (tertiary/aromatic N) is 2. The van der Waals surface area contributed by atoms with Gasteiger partial charge in [0.1, 0.15) is 4.83 Å². The maximum atomic E-state index is 11.7. The highest BCUT2D eigenvalue weighted by atomic mass is 32.1. The van der Waals surface area contributed by atoms with E-state index in [4.69, 9.17) is 5.11 Å². The molecular weight excluding hydrogens is 242 g/mol. The summed E-state index contributed by atoms with van der Waals surface area (Å²) in [5.41, 5.74) is 0.813. The van der Waals surface area contributed by atoms with Gasteiger partial charge in [0.25, 0.3) is 5.56 Å². The lowest BCUT2D eigenvalue weighted by Crippen LogP contribution is -2.34. The van der Waals surface area contributed by atoms with Gasteiger partial charge in [0.2, 0.25) is 0 Å². The number of fused-ring (bicyclic) bond motifs is 3. The summed E-state index contributed by atoms with van der Waals surface area (Å²) in [5.74, 6) is 0. The van der Waals surface area contributed by atoms with E-state index < -0.39 is 6.09 Å². The summed E-state index contributed by atoms with van der Waals surface area (Å²) in [6, 6.07) is 0. The van der Waals surface area contributed by atoms with Crippen molar-refractivity contribution in [3.63, 3.8) is 0 Å². The minimum absolute atomic E-state index is 0.142. The Bertz CT molecular complexity index is 660. The zero-order chi connectivity index (χ0) is 12.0. The molecule has 0 radical (unpaired) electrons. The Morgan fingerprint density at radius 2 is 2.41 bits per heavy atom. The Labute approximate surface area is 99.5 Å². The number of hydrogen-bond acceptors (Lipinski definition) is 4. The molecule has 2 aromatic heterocycles. The van der Waals surface area contributed by atoms with Crippen molar-refractivity contribution in [3.05, 3.63) is 27.1 Å². The Morgan fingerprint density at radius 3 is 3.18 bits per heavy atom. The van der Waals surface area contributed by atoms with Gasteiger partial charge < -0.3 is 15.0 Å². The zero-order valence-corrected chi connectivity index (χ0v) is 9.58. The van der Waals surface area contributed by atoms with Gasteiger partial charge in [0, 0.05) is 11.4 Å². The van der Waals surface area contributed by atoms with Gasteiger partial charge in [-0.2, -0.15) is 0 Å². The molecule has 0 unspecified atom stereocenters. The molecule has 1 aliphatic rings. The van der Waals surface area contributed by atoms with E-state index in [0.29, 0.717) is 29.7 Å². The Morgan fingerprint density at radius 1 is 1.59 bits per heavy atom. The molecule has 1 amide bonds. The van der Waals surface area contributed by atoms with Crippen LogP contribution in [0.25, 0.3) is 10.2 Å². The summed E-state index contributed by atoms with van der Waals surface area (Å²) in [6.07, 6.45) is 1.04. The average Bonchev–Trinajstić information content (AvgIpc) is 2.67. The van der Waals surface area contributed by atoms with E-state index in [1.165, 1.54) is 22.6 Å². The van der Waals surface area contributed by atoms with Gasteiger partial charge in [-0.1, -0.05) is 0 Å². The third kappa shape index (κ3) is 1.50. The Hall–Kier alpha value is -1.89. The lowest BCUT2D eigenvalue weighted by Gasteiger charge is -2.23. The number of thiophene rings is 1. The quantitative estimate of drug-likeness (QED) is 0.732. The number of H-pyrrole nitrogens is 1. The first-order valence-corrected chi connectivity index (χ1v) is 5.94. The maximum absolute atomic E-state index is 11.7. The van der Waals surface area contributed by atoms with Crippen molar-refractivity contribution < 1.29 is 9.90 Å². The van der Waals surface area contributed by atoms with Gasteiger partial charge in [-0.25, -0.2) is 9.78 Å². The van der Waals surface area contributed by atoms with Crippen LogP contribution in [0.15, 0.2) is 11.1 Å². The molecule has 0 saturated carbocycles. The van der Waals surface area contributed by atoms with E-state index in [0.717, 1.165) is 10.4 Å². The number of carbonyl (C=O) groups is 1. The second-order valence-corrected chi connectivity index (χ2v) is 4.95. The molecule has 7 heteroatoms. The van der Waals surface area contributed by atoms with Crippen molar-refractivity contribution in [2.45, 2.75) is 13.0 Å². The standard InChI is InChI=1S/C10H9N3O3S/c14-8-7-5-1-2-13(10(15)16)3-6(5)17-9(7)12-4-11-8/h4H,1-3H2,(H,15,16)(H,11,12,14). The van der Waals surface area contributed by atoms with Crippen LogP contribution in [0.4, 0.5) is 4.79 Å². The van der Waals surface area contributed by atoms with Crippen molar-refractivity contribution in [3.8, 4) is 0 Å². The van der Waals surface area contributed by atoms with Crippen molar-refractivity contribution >= 4 is 27.6 Å². The number of nitrogens with one attached hydrogen (secondary N) is 1. The third-order valence-electron chi connectivity index (χ3n) is 2.91. The highest BCUT2D eigenvalue weighted by Gasteiger charge is 2.25. The number of aromatic nitrogens is 2. The van der Waals surface area contributed by atoms with E-state index in [2.05, 4.69) is 9.97 Å². The van der Waals surface area contributed by atoms with Crippen LogP contribution in [0.1, 0.15) is 10.4 Å². The van der Waals surface area contributed by atoms with Crippen LogP contribution in [0.5, 0.6) is 0 Å². The first-order chi connectivity index (χ1) is 8.16. The van der Waals surface area contributed by atoms with E-state index in [9.17, 15) is 9.59 Å². The monoisotopic (exact) mass is 251 g/mol. The van der Waals surface area contributed by atoms with Crippen LogP contribution >= 0.6 is 11.3 Å². The second kappa shape index (κ2) is 3.56. The number of aromatic amines is 1. The molecular formula is C10H9N3O3S. The van der Waals surface area contributed by atoms with Gasteiger partial charge in [-0.3, -0.25) is 4.79 Å². The van der Waals surface area contributed by atoms with E-state index in [1.54, 1.807) is 0 Å². The van der Waals surface area contributed by atoms with Crippen molar-refractivity contribution in [1.82, 2.24) is 14.9 Å². The molecule has 6 nitrogen and oxygen atoms in total. The molecule has 0 aliphatic carbocycles. The van der Waals surface area contributed by atoms with Crippen molar-refractivity contribution in [2.24, 2.45) is 0 Å². The highest BCUT2D eigenvalue weighted by Crippen LogP contribution is 2.31. The van der Waals surface area contributed by atoms with Gasteiger partial charge >= 0.3 is 6.09 Å². The molecule has 2 N–H and O–H groups in total. The summed E-state index contributed by atoms with van der Waals surface area (Å²) < 4.78 is 0. The molecule has 3 heterocycles. The fourth-order valence-corrected chi connectivity index (χ4v) is 3.30.